The van der Waals surface area contributed by atoms with Gasteiger partial charge >= 0.3 is 0 Å². The first-order valence-electron chi connectivity index (χ1n) is 0.563. The zero-order chi connectivity index (χ0) is 2.71. The molecule has 0 fully saturated rings. The van der Waals surface area contributed by atoms with Crippen LogP contribution in [-0.2, 0) is 0 Å². The summed E-state index contributed by atoms with van der Waals surface area (Å²) >= 11 is 3.06. The highest BCUT2D eigenvalue weighted by Gasteiger charge is 1.37. The predicted molar refractivity (Wildman–Crippen MR) is 32.8 cm³/mol. The summed E-state index contributed by atoms with van der Waals surface area (Å²) in [6, 6.07) is 0. The fourth-order valence-electron chi connectivity index (χ4n) is 0. The van der Waals surface area contributed by atoms with E-state index >= 15 is 0 Å². The molecule has 0 aromatic carbocycles. The summed E-state index contributed by atoms with van der Waals surface area (Å²) < 4.78 is 0. The third kappa shape index (κ3) is 10.9. The van der Waals surface area contributed by atoms with Crippen LogP contribution in [0.3, 0.4) is 0 Å². The molecule has 0 saturated heterocycles. The zero-order valence-corrected chi connectivity index (χ0v) is 5.69. The van der Waals surface area contributed by atoms with E-state index in [-0.39, 0.29) is 13.5 Å². The molecule has 0 aromatic rings. The van der Waals surface area contributed by atoms with Crippen molar-refractivity contribution in [1.82, 2.24) is 0 Å². The first kappa shape index (κ1) is 8.95. The van der Waals surface area contributed by atoms with Gasteiger partial charge in [-0.1, -0.05) is 10.2 Å². The van der Waals surface area contributed by atoms with Gasteiger partial charge in [-0.25, -0.2) is 0 Å². The van der Waals surface area contributed by atoms with Crippen LogP contribution in [0, 0.1) is 0 Å². The second-order valence-corrected chi connectivity index (χ2v) is 2.41. The molecule has 0 aromatic heterocycles. The second kappa shape index (κ2) is 8.89. The Bertz CT molecular complexity index is 6.00. The molecule has 0 spiro atoms. The van der Waals surface area contributed by atoms with E-state index in [2.05, 4.69) is 14.8 Å². The van der Waals surface area contributed by atoms with Crippen LogP contribution < -0.4 is 0 Å². The number of rotatable bonds is 0. The molecule has 28 valence electrons. The summed E-state index contributed by atoms with van der Waals surface area (Å²) in [5.74, 6) is 0. The lowest BCUT2D eigenvalue weighted by Crippen LogP contribution is -1.05. The van der Waals surface area contributed by atoms with E-state index in [4.69, 9.17) is 0 Å². The summed E-state index contributed by atoms with van der Waals surface area (Å²) in [5.41, 5.74) is 0. The first-order valence-corrected chi connectivity index (χ1v) is 3.63. The van der Waals surface area contributed by atoms with Gasteiger partial charge in [0.25, 0.3) is 0 Å². The van der Waals surface area contributed by atoms with Gasteiger partial charge in [-0.05, 0) is 21.1 Å². The van der Waals surface area contributed by atoms with Crippen LogP contribution in [-0.4, -0.2) is 6.26 Å². The Hall–Kier alpha value is 1.18. The Balaban J connectivity index is 0. The van der Waals surface area contributed by atoms with E-state index in [1.807, 2.05) is 6.26 Å². The van der Waals surface area contributed by atoms with Gasteiger partial charge in [0.2, 0.25) is 0 Å². The minimum atomic E-state index is 0. The van der Waals surface area contributed by atoms with Gasteiger partial charge in [0, 0.05) is 0 Å². The predicted octanol–water partition coefficient (Wildman–Crippen LogP) is 1.77. The molecule has 0 aliphatic rings. The van der Waals surface area contributed by atoms with Gasteiger partial charge in [0.1, 0.15) is 0 Å². The van der Waals surface area contributed by atoms with Crippen molar-refractivity contribution in [3.05, 3.63) is 0 Å². The highest BCUT2D eigenvalue weighted by molar-refractivity contribution is 9.50. The van der Waals surface area contributed by atoms with Crippen LogP contribution in [0.5, 0.6) is 0 Å². The Morgan fingerprint density at radius 2 is 1.75 bits per heavy atom. The van der Waals surface area contributed by atoms with E-state index in [1.165, 1.54) is 0 Å². The summed E-state index contributed by atoms with van der Waals surface area (Å²) in [7, 11) is 1.56. The molecule has 0 bridgehead atoms. The van der Waals surface area contributed by atoms with Crippen LogP contribution in [0.2, 0.25) is 0 Å². The lowest BCUT2D eigenvalue weighted by Gasteiger charge is -1.46. The van der Waals surface area contributed by atoms with Crippen LogP contribution in [0.15, 0.2) is 0 Å². The minimum absolute atomic E-state index is 0. The molecule has 0 nitrogen and oxygen atoms in total. The van der Waals surface area contributed by atoms with E-state index < -0.39 is 0 Å². The van der Waals surface area contributed by atoms with Crippen molar-refractivity contribution < 1.29 is 0 Å². The van der Waals surface area contributed by atoms with Crippen molar-refractivity contribution in [3.63, 3.8) is 0 Å². The van der Waals surface area contributed by atoms with E-state index in [9.17, 15) is 0 Å². The average molecular weight is 161 g/mol. The van der Waals surface area contributed by atoms with Crippen LogP contribution in [0.4, 0.5) is 0 Å². The van der Waals surface area contributed by atoms with Crippen molar-refractivity contribution in [2.24, 2.45) is 0 Å². The van der Waals surface area contributed by atoms with Crippen molar-refractivity contribution in [1.29, 1.82) is 0 Å². The largest absolute Gasteiger partial charge is 0.197 e. The molecule has 3 heteroatoms. The molecule has 0 atom stereocenters. The topological polar surface area (TPSA) is 0 Å². The van der Waals surface area contributed by atoms with E-state index in [0.717, 1.165) is 0 Å². The van der Waals surface area contributed by atoms with Gasteiger partial charge in [-0.15, -0.1) is 0 Å². The molecule has 0 amide bonds. The van der Waals surface area contributed by atoms with Gasteiger partial charge in [-0.3, -0.25) is 0 Å². The van der Waals surface area contributed by atoms with Gasteiger partial charge in [0.15, 0.2) is 0 Å². The molecule has 0 aliphatic carbocycles. The Labute approximate surface area is 45.0 Å². The molecule has 0 aliphatic heterocycles. The molecule has 0 radical (unpaired) electrons. The fourth-order valence-corrected chi connectivity index (χ4v) is 0. The molecule has 0 saturated carbocycles. The Kier molecular flexibility index (Phi) is 19.9. The zero-order valence-electron chi connectivity index (χ0n) is 2.29. The van der Waals surface area contributed by atoms with E-state index in [0.29, 0.717) is 0 Å². The second-order valence-electron chi connectivity index (χ2n) is 0.154. The molecule has 0 N–H and O–H groups in total. The highest BCUT2D eigenvalue weighted by Crippen LogP contribution is 1.98. The lowest BCUT2D eigenvalue weighted by atomic mass is 12.0. The Morgan fingerprint density at radius 1 is 1.75 bits per heavy atom. The van der Waals surface area contributed by atoms with Gasteiger partial charge in [-0.2, -0.15) is 13.5 Å². The maximum atomic E-state index is 3.06. The number of hydrogen-bond donors (Lipinski definition) is 0. The molecular formula is CH5BrS2. The number of hydrogen-bond acceptors (Lipinski definition) is 1. The minimum Gasteiger partial charge on any atom is -0.197 e. The first-order chi connectivity index (χ1) is 1.41. The maximum Gasteiger partial charge on any atom is -0.00735 e. The molecule has 0 rings (SSSR count). The van der Waals surface area contributed by atoms with Crippen molar-refractivity contribution >= 4 is 38.5 Å². The van der Waals surface area contributed by atoms with Crippen LogP contribution in [0.1, 0.15) is 0 Å². The normalized spacial score (nSPS) is 4.50. The fraction of sp³-hybridized carbons (Fsp3) is 1.00. The standard InChI is InChI=1S/CH3BrS.H2S/c1-3-2;/h1H3;1H2. The lowest BCUT2D eigenvalue weighted by molar-refractivity contribution is 2.55. The molecular weight excluding hydrogens is 156 g/mol. The molecule has 4 heavy (non-hydrogen) atoms. The summed E-state index contributed by atoms with van der Waals surface area (Å²) in [6.45, 7) is 0. The quantitative estimate of drug-likeness (QED) is 0.521. The SMILES string of the molecule is CSBr.S. The van der Waals surface area contributed by atoms with Crippen molar-refractivity contribution in [2.75, 3.05) is 6.26 Å². The van der Waals surface area contributed by atoms with Crippen molar-refractivity contribution in [3.8, 4) is 0 Å². The summed E-state index contributed by atoms with van der Waals surface area (Å²) in [6.07, 6.45) is 1.96. The molecule has 0 heterocycles. The smallest absolute Gasteiger partial charge is 0.00735 e. The maximum absolute atomic E-state index is 3.06. The van der Waals surface area contributed by atoms with Crippen LogP contribution in [0.25, 0.3) is 0 Å². The molecule has 0 unspecified atom stereocenters. The third-order valence-corrected chi connectivity index (χ3v) is 0. The monoisotopic (exact) mass is 160 g/mol. The summed E-state index contributed by atoms with van der Waals surface area (Å²) in [4.78, 5) is 0. The van der Waals surface area contributed by atoms with Crippen molar-refractivity contribution in [2.45, 2.75) is 0 Å². The number of halogens is 1. The summed E-state index contributed by atoms with van der Waals surface area (Å²) in [5, 5.41) is 0. The van der Waals surface area contributed by atoms with Gasteiger partial charge in [0.05, 0.1) is 0 Å². The highest BCUT2D eigenvalue weighted by atomic mass is 79.9. The van der Waals surface area contributed by atoms with E-state index in [1.54, 1.807) is 10.2 Å². The average Bonchev–Trinajstić information content (AvgIpc) is 0.918. The third-order valence-electron chi connectivity index (χ3n) is 0. The van der Waals surface area contributed by atoms with Crippen LogP contribution >= 0.6 is 38.5 Å². The van der Waals surface area contributed by atoms with Gasteiger partial charge < -0.3 is 0 Å². The Morgan fingerprint density at radius 3 is 1.75 bits per heavy atom.